The predicted molar refractivity (Wildman–Crippen MR) is 140 cm³/mol. The number of nitrogens with two attached hydrogens (primary N) is 1. The SMILES string of the molecule is CCCOC(=O)Oc1ccc(C(C(C)C(C)OC(=O)c2ccccc2)[C@H](N)C(=O)O)cc1OC(=O)OCCC. The van der Waals surface area contributed by atoms with Crippen molar-refractivity contribution in [3.8, 4) is 11.5 Å². The molecule has 0 saturated carbocycles. The topological polar surface area (TPSA) is 161 Å². The highest BCUT2D eigenvalue weighted by atomic mass is 16.7. The number of carboxylic acid groups (broad SMARTS) is 1. The third-order valence-corrected chi connectivity index (χ3v) is 5.87. The number of carboxylic acids is 1. The molecule has 2 aromatic rings. The van der Waals surface area contributed by atoms with Gasteiger partial charge in [0.1, 0.15) is 12.1 Å². The van der Waals surface area contributed by atoms with Gasteiger partial charge in [-0.25, -0.2) is 14.4 Å². The molecule has 4 atom stereocenters. The largest absolute Gasteiger partial charge is 0.513 e. The third-order valence-electron chi connectivity index (χ3n) is 5.87. The Balaban J connectivity index is 2.41. The number of carbonyl (C=O) groups excluding carboxylic acids is 3. The number of hydrogen-bond donors (Lipinski definition) is 2. The molecule has 11 nitrogen and oxygen atoms in total. The molecule has 2 aromatic carbocycles. The molecule has 3 unspecified atom stereocenters. The van der Waals surface area contributed by atoms with Crippen molar-refractivity contribution in [3.63, 3.8) is 0 Å². The number of esters is 1. The molecular formula is C28H35NO10. The van der Waals surface area contributed by atoms with Crippen LogP contribution >= 0.6 is 0 Å². The molecule has 11 heteroatoms. The lowest BCUT2D eigenvalue weighted by atomic mass is 9.79. The van der Waals surface area contributed by atoms with Gasteiger partial charge in [0.2, 0.25) is 0 Å². The van der Waals surface area contributed by atoms with Gasteiger partial charge in [0.15, 0.2) is 11.5 Å². The van der Waals surface area contributed by atoms with E-state index in [0.29, 0.717) is 24.0 Å². The third kappa shape index (κ3) is 9.29. The van der Waals surface area contributed by atoms with Crippen molar-refractivity contribution in [2.75, 3.05) is 13.2 Å². The highest BCUT2D eigenvalue weighted by molar-refractivity contribution is 5.89. The first-order valence-corrected chi connectivity index (χ1v) is 12.7. The van der Waals surface area contributed by atoms with E-state index in [9.17, 15) is 24.3 Å². The van der Waals surface area contributed by atoms with Gasteiger partial charge in [-0.1, -0.05) is 45.0 Å². The number of ether oxygens (including phenoxy) is 5. The predicted octanol–water partition coefficient (Wildman–Crippen LogP) is 4.91. The average molecular weight is 546 g/mol. The second-order valence-corrected chi connectivity index (χ2v) is 8.83. The first kappa shape index (κ1) is 31.1. The Hall–Kier alpha value is -4.12. The monoisotopic (exact) mass is 545 g/mol. The minimum Gasteiger partial charge on any atom is -0.480 e. The van der Waals surface area contributed by atoms with E-state index < -0.39 is 48.2 Å². The van der Waals surface area contributed by atoms with Crippen molar-refractivity contribution < 1.29 is 48.0 Å². The Kier molecular flexibility index (Phi) is 12.2. The van der Waals surface area contributed by atoms with Gasteiger partial charge >= 0.3 is 24.2 Å². The molecule has 0 saturated heterocycles. The summed E-state index contributed by atoms with van der Waals surface area (Å²) in [4.78, 5) is 48.8. The number of rotatable bonds is 13. The minimum atomic E-state index is -1.42. The molecule has 212 valence electrons. The summed E-state index contributed by atoms with van der Waals surface area (Å²) in [5.74, 6) is -3.73. The number of benzene rings is 2. The number of hydrogen-bond acceptors (Lipinski definition) is 10. The lowest BCUT2D eigenvalue weighted by Gasteiger charge is -2.31. The first-order chi connectivity index (χ1) is 18.6. The zero-order chi connectivity index (χ0) is 28.9. The molecule has 0 amide bonds. The second kappa shape index (κ2) is 15.3. The first-order valence-electron chi connectivity index (χ1n) is 12.7. The van der Waals surface area contributed by atoms with E-state index >= 15 is 0 Å². The van der Waals surface area contributed by atoms with Crippen LogP contribution in [0.25, 0.3) is 0 Å². The van der Waals surface area contributed by atoms with Gasteiger partial charge in [0.05, 0.1) is 18.8 Å². The van der Waals surface area contributed by atoms with Gasteiger partial charge in [-0.3, -0.25) is 4.79 Å². The quantitative estimate of drug-likeness (QED) is 0.200. The van der Waals surface area contributed by atoms with Crippen LogP contribution in [0.4, 0.5) is 9.59 Å². The standard InChI is InChI=1S/C28H35NO10/c1-5-14-35-27(33)38-21-13-12-20(16-22(21)39-28(34)36-15-6-2)23(24(29)25(30)31)17(3)18(4)37-26(32)19-10-8-7-9-11-19/h7-13,16-18,23-24H,5-6,14-15,29H2,1-4H3,(H,30,31)/t17?,18?,23?,24-/m0/s1. The molecule has 0 aliphatic rings. The zero-order valence-corrected chi connectivity index (χ0v) is 22.5. The van der Waals surface area contributed by atoms with Gasteiger partial charge < -0.3 is 34.5 Å². The fraction of sp³-hybridized carbons (Fsp3) is 0.429. The average Bonchev–Trinajstić information content (AvgIpc) is 2.92. The van der Waals surface area contributed by atoms with Crippen LogP contribution in [-0.2, 0) is 19.0 Å². The zero-order valence-electron chi connectivity index (χ0n) is 22.5. The maximum atomic E-state index is 12.6. The summed E-state index contributed by atoms with van der Waals surface area (Å²) in [6.45, 7) is 7.16. The molecule has 0 aliphatic heterocycles. The van der Waals surface area contributed by atoms with Crippen LogP contribution in [0.3, 0.4) is 0 Å². The Morgan fingerprint density at radius 1 is 0.846 bits per heavy atom. The van der Waals surface area contributed by atoms with Gasteiger partial charge in [0, 0.05) is 11.8 Å². The smallest absolute Gasteiger partial charge is 0.480 e. The molecule has 0 radical (unpaired) electrons. The van der Waals surface area contributed by atoms with Gasteiger partial charge in [0.25, 0.3) is 0 Å². The van der Waals surface area contributed by atoms with E-state index in [1.807, 2.05) is 6.92 Å². The van der Waals surface area contributed by atoms with E-state index in [1.54, 1.807) is 51.1 Å². The summed E-state index contributed by atoms with van der Waals surface area (Å²) in [7, 11) is 0. The Bertz CT molecular complexity index is 1120. The molecule has 39 heavy (non-hydrogen) atoms. The van der Waals surface area contributed by atoms with E-state index in [-0.39, 0.29) is 24.7 Å². The summed E-state index contributed by atoms with van der Waals surface area (Å²) in [6.07, 6.45) is -1.69. The van der Waals surface area contributed by atoms with Crippen molar-refractivity contribution in [1.29, 1.82) is 0 Å². The fourth-order valence-electron chi connectivity index (χ4n) is 3.71. The van der Waals surface area contributed by atoms with Crippen LogP contribution in [0.2, 0.25) is 0 Å². The minimum absolute atomic E-state index is 0.0983. The fourth-order valence-corrected chi connectivity index (χ4v) is 3.71. The summed E-state index contributed by atoms with van der Waals surface area (Å²) >= 11 is 0. The van der Waals surface area contributed by atoms with Crippen LogP contribution in [0, 0.1) is 5.92 Å². The summed E-state index contributed by atoms with van der Waals surface area (Å²) in [5, 5.41) is 9.75. The Morgan fingerprint density at radius 3 is 1.95 bits per heavy atom. The maximum Gasteiger partial charge on any atom is 0.513 e. The van der Waals surface area contributed by atoms with E-state index in [2.05, 4.69) is 0 Å². The van der Waals surface area contributed by atoms with Crippen molar-refractivity contribution in [3.05, 3.63) is 59.7 Å². The van der Waals surface area contributed by atoms with Crippen molar-refractivity contribution in [1.82, 2.24) is 0 Å². The lowest BCUT2D eigenvalue weighted by molar-refractivity contribution is -0.139. The molecule has 0 spiro atoms. The van der Waals surface area contributed by atoms with Crippen LogP contribution in [0.5, 0.6) is 11.5 Å². The normalized spacial score (nSPS) is 13.8. The van der Waals surface area contributed by atoms with Crippen LogP contribution < -0.4 is 15.2 Å². The maximum absolute atomic E-state index is 12.6. The van der Waals surface area contributed by atoms with Gasteiger partial charge in [-0.15, -0.1) is 0 Å². The summed E-state index contributed by atoms with van der Waals surface area (Å²) < 4.78 is 26.0. The Labute approximate surface area is 227 Å². The van der Waals surface area contributed by atoms with E-state index in [4.69, 9.17) is 29.4 Å². The van der Waals surface area contributed by atoms with Crippen LogP contribution in [-0.4, -0.2) is 54.7 Å². The van der Waals surface area contributed by atoms with E-state index in [0.717, 1.165) is 0 Å². The molecular weight excluding hydrogens is 510 g/mol. The molecule has 0 aliphatic carbocycles. The van der Waals surface area contributed by atoms with Crippen molar-refractivity contribution in [2.24, 2.45) is 11.7 Å². The Morgan fingerprint density at radius 2 is 1.41 bits per heavy atom. The molecule has 3 N–H and O–H groups in total. The number of carbonyl (C=O) groups is 4. The number of aliphatic carboxylic acids is 1. The molecule has 2 rings (SSSR count). The van der Waals surface area contributed by atoms with Gasteiger partial charge in [-0.05, 0) is 49.6 Å². The second-order valence-electron chi connectivity index (χ2n) is 8.83. The summed E-state index contributed by atoms with van der Waals surface area (Å²) in [5.41, 5.74) is 6.77. The van der Waals surface area contributed by atoms with Gasteiger partial charge in [-0.2, -0.15) is 0 Å². The molecule has 0 fully saturated rings. The lowest BCUT2D eigenvalue weighted by Crippen LogP contribution is -2.42. The van der Waals surface area contributed by atoms with Crippen molar-refractivity contribution >= 4 is 24.2 Å². The highest BCUT2D eigenvalue weighted by Crippen LogP contribution is 2.37. The van der Waals surface area contributed by atoms with Crippen molar-refractivity contribution in [2.45, 2.75) is 58.6 Å². The molecule has 0 heterocycles. The molecule has 0 aromatic heterocycles. The molecule has 0 bridgehead atoms. The van der Waals surface area contributed by atoms with Crippen LogP contribution in [0.15, 0.2) is 48.5 Å². The van der Waals surface area contributed by atoms with Crippen LogP contribution in [0.1, 0.15) is 62.4 Å². The van der Waals surface area contributed by atoms with E-state index in [1.165, 1.54) is 18.2 Å². The summed E-state index contributed by atoms with van der Waals surface area (Å²) in [6, 6.07) is 11.1. The highest BCUT2D eigenvalue weighted by Gasteiger charge is 2.36.